The number of aliphatic hydroxyl groups excluding tert-OH is 1. The number of carbonyl (C=O) groups is 1. The van der Waals surface area contributed by atoms with Crippen molar-refractivity contribution in [2.75, 3.05) is 13.7 Å². The van der Waals surface area contributed by atoms with Crippen LogP contribution in [0.1, 0.15) is 34.6 Å². The Morgan fingerprint density at radius 3 is 2.06 bits per heavy atom. The van der Waals surface area contributed by atoms with E-state index >= 15 is 0 Å². The summed E-state index contributed by atoms with van der Waals surface area (Å²) in [5, 5.41) is 15.7. The van der Waals surface area contributed by atoms with E-state index in [1.54, 1.807) is 13.8 Å². The van der Waals surface area contributed by atoms with Crippen molar-refractivity contribution in [3.05, 3.63) is 71.1 Å². The topological polar surface area (TPSA) is 123 Å². The van der Waals surface area contributed by atoms with E-state index in [0.29, 0.717) is 0 Å². The van der Waals surface area contributed by atoms with Crippen molar-refractivity contribution in [2.24, 2.45) is 5.11 Å². The molecule has 9 nitrogen and oxygen atoms in total. The minimum Gasteiger partial charge on any atom is -0.467 e. The van der Waals surface area contributed by atoms with Crippen molar-refractivity contribution < 1.29 is 28.5 Å². The van der Waals surface area contributed by atoms with E-state index < -0.39 is 56.1 Å². The van der Waals surface area contributed by atoms with Gasteiger partial charge in [-0.2, -0.15) is 0 Å². The van der Waals surface area contributed by atoms with E-state index in [1.807, 2.05) is 60.7 Å². The summed E-state index contributed by atoms with van der Waals surface area (Å²) in [5.41, 5.74) is 9.31. The fourth-order valence-electron chi connectivity index (χ4n) is 4.86. The van der Waals surface area contributed by atoms with E-state index in [-0.39, 0.29) is 0 Å². The van der Waals surface area contributed by atoms with Crippen molar-refractivity contribution in [2.45, 2.75) is 69.8 Å². The predicted octanol–water partition coefficient (Wildman–Crippen LogP) is 3.30. The van der Waals surface area contributed by atoms with Crippen molar-refractivity contribution in [1.29, 1.82) is 0 Å². The molecule has 1 aliphatic rings. The van der Waals surface area contributed by atoms with E-state index in [1.165, 1.54) is 7.11 Å². The highest BCUT2D eigenvalue weighted by Gasteiger charge is 2.57. The second kappa shape index (κ2) is 11.1. The van der Waals surface area contributed by atoms with Crippen LogP contribution in [0, 0.1) is 0 Å². The molecule has 2 aromatic carbocycles. The molecule has 0 spiro atoms. The van der Waals surface area contributed by atoms with Gasteiger partial charge in [0, 0.05) is 4.91 Å². The molecule has 10 heteroatoms. The zero-order valence-electron chi connectivity index (χ0n) is 21.6. The largest absolute Gasteiger partial charge is 0.467 e. The molecule has 1 fully saturated rings. The number of nitrogens with zero attached hydrogens (tertiary/aromatic N) is 3. The Bertz CT molecular complexity index is 1030. The van der Waals surface area contributed by atoms with Gasteiger partial charge in [-0.25, -0.2) is 4.79 Å². The van der Waals surface area contributed by atoms with Crippen molar-refractivity contribution >= 4 is 24.7 Å². The molecule has 36 heavy (non-hydrogen) atoms. The normalized spacial score (nSPS) is 21.3. The van der Waals surface area contributed by atoms with Gasteiger partial charge in [-0.3, -0.25) is 0 Å². The van der Waals surface area contributed by atoms with Gasteiger partial charge < -0.3 is 23.7 Å². The Balaban J connectivity index is 2.28. The van der Waals surface area contributed by atoms with Crippen LogP contribution in [0.5, 0.6) is 0 Å². The lowest BCUT2D eigenvalue weighted by Gasteiger charge is -2.47. The molecule has 194 valence electrons. The second-order valence-corrected chi connectivity index (χ2v) is 14.5. The molecule has 4 atom stereocenters. The Morgan fingerprint density at radius 2 is 1.64 bits per heavy atom. The molecular formula is C26H35N3O6Si. The lowest BCUT2D eigenvalue weighted by atomic mass is 10.0. The van der Waals surface area contributed by atoms with Gasteiger partial charge in [-0.05, 0) is 34.8 Å². The Labute approximate surface area is 213 Å². The van der Waals surface area contributed by atoms with Crippen LogP contribution in [-0.2, 0) is 23.4 Å². The molecule has 3 rings (SSSR count). The Morgan fingerprint density at radius 1 is 1.11 bits per heavy atom. The number of ether oxygens (including phenoxy) is 3. The summed E-state index contributed by atoms with van der Waals surface area (Å²) in [7, 11) is -1.92. The first-order valence-corrected chi connectivity index (χ1v) is 13.8. The van der Waals surface area contributed by atoms with E-state index in [4.69, 9.17) is 18.6 Å². The molecule has 1 saturated heterocycles. The lowest BCUT2D eigenvalue weighted by Crippen LogP contribution is -2.70. The maximum atomic E-state index is 12.8. The van der Waals surface area contributed by atoms with Gasteiger partial charge in [-0.1, -0.05) is 86.5 Å². The molecule has 0 radical (unpaired) electrons. The quantitative estimate of drug-likeness (QED) is 0.180. The van der Waals surface area contributed by atoms with Crippen LogP contribution < -0.4 is 10.4 Å². The van der Waals surface area contributed by atoms with Crippen LogP contribution in [-0.4, -0.2) is 63.3 Å². The van der Waals surface area contributed by atoms with Gasteiger partial charge in [0.15, 0.2) is 11.9 Å². The third kappa shape index (κ3) is 5.49. The summed E-state index contributed by atoms with van der Waals surface area (Å²) in [6.45, 7) is 9.17. The highest BCUT2D eigenvalue weighted by molar-refractivity contribution is 6.99. The highest BCUT2D eigenvalue weighted by atomic mass is 28.4. The first kappa shape index (κ1) is 27.9. The molecule has 0 aromatic heterocycles. The zero-order chi connectivity index (χ0) is 26.6. The average Bonchev–Trinajstić information content (AvgIpc) is 3.18. The molecule has 0 saturated carbocycles. The van der Waals surface area contributed by atoms with Crippen LogP contribution in [0.2, 0.25) is 5.04 Å². The van der Waals surface area contributed by atoms with Gasteiger partial charge in [0.05, 0.1) is 25.9 Å². The Kier molecular flexibility index (Phi) is 8.61. The summed E-state index contributed by atoms with van der Waals surface area (Å²) < 4.78 is 24.3. The van der Waals surface area contributed by atoms with Gasteiger partial charge >= 0.3 is 5.97 Å². The van der Waals surface area contributed by atoms with E-state index in [0.717, 1.165) is 10.4 Å². The monoisotopic (exact) mass is 513 g/mol. The van der Waals surface area contributed by atoms with E-state index in [2.05, 4.69) is 30.8 Å². The average molecular weight is 514 g/mol. The number of hydrogen-bond acceptors (Lipinski definition) is 7. The van der Waals surface area contributed by atoms with Gasteiger partial charge in [0.1, 0.15) is 6.10 Å². The third-order valence-electron chi connectivity index (χ3n) is 6.38. The third-order valence-corrected chi connectivity index (χ3v) is 11.4. The van der Waals surface area contributed by atoms with Crippen molar-refractivity contribution in [3.8, 4) is 0 Å². The number of esters is 1. The molecule has 0 amide bonds. The summed E-state index contributed by atoms with van der Waals surface area (Å²) in [5.74, 6) is -1.77. The maximum Gasteiger partial charge on any atom is 0.337 e. The van der Waals surface area contributed by atoms with E-state index in [9.17, 15) is 15.4 Å². The number of methoxy groups -OCH3 is 1. The molecule has 1 N–H and O–H groups in total. The molecule has 1 aliphatic heterocycles. The van der Waals surface area contributed by atoms with Crippen LogP contribution in [0.25, 0.3) is 10.4 Å². The number of benzene rings is 2. The summed E-state index contributed by atoms with van der Waals surface area (Å²) in [4.78, 5) is 15.7. The van der Waals surface area contributed by atoms with Crippen LogP contribution in [0.3, 0.4) is 0 Å². The number of aliphatic hydroxyl groups is 1. The molecule has 0 bridgehead atoms. The first-order chi connectivity index (χ1) is 17.0. The number of carbonyl (C=O) groups excluding carboxylic acids is 1. The van der Waals surface area contributed by atoms with Crippen LogP contribution >= 0.6 is 0 Å². The summed E-state index contributed by atoms with van der Waals surface area (Å²) in [6.07, 6.45) is -3.17. The zero-order valence-corrected chi connectivity index (χ0v) is 22.6. The second-order valence-electron chi connectivity index (χ2n) is 10.2. The summed E-state index contributed by atoms with van der Waals surface area (Å²) in [6, 6.07) is 18.7. The number of rotatable bonds is 9. The smallest absolute Gasteiger partial charge is 0.337 e. The van der Waals surface area contributed by atoms with Crippen molar-refractivity contribution in [1.82, 2.24) is 0 Å². The van der Waals surface area contributed by atoms with Gasteiger partial charge in [-0.15, -0.1) is 0 Å². The van der Waals surface area contributed by atoms with Crippen LogP contribution in [0.4, 0.5) is 0 Å². The van der Waals surface area contributed by atoms with Gasteiger partial charge in [0.2, 0.25) is 0 Å². The lowest BCUT2D eigenvalue weighted by molar-refractivity contribution is -0.169. The fourth-order valence-corrected chi connectivity index (χ4v) is 9.57. The molecule has 0 unspecified atom stereocenters. The molecule has 1 heterocycles. The number of hydrogen-bond donors (Lipinski definition) is 1. The van der Waals surface area contributed by atoms with Gasteiger partial charge in [0.25, 0.3) is 8.32 Å². The molecule has 0 aliphatic carbocycles. The summed E-state index contributed by atoms with van der Waals surface area (Å²) >= 11 is 0. The SMILES string of the molecule is COC(=O)[C@H]1OC(C)(C)O[C@H]1[C@@H](O[Si](c1ccccc1)(c1ccccc1)C(C)(C)C)[C@@H](CO)N=[N+]=[N-]. The molecule has 2 aromatic rings. The fraction of sp³-hybridized carbons (Fsp3) is 0.500. The minimum atomic E-state index is -3.19. The van der Waals surface area contributed by atoms with Crippen LogP contribution in [0.15, 0.2) is 65.8 Å². The molecular weight excluding hydrogens is 478 g/mol. The van der Waals surface area contributed by atoms with Crippen molar-refractivity contribution in [3.63, 3.8) is 0 Å². The number of azide groups is 1. The highest BCUT2D eigenvalue weighted by Crippen LogP contribution is 2.41. The predicted molar refractivity (Wildman–Crippen MR) is 138 cm³/mol. The standard InChI is InChI=1S/C26H35N3O6Si/c1-25(2,3)36(18-13-9-7-10-14-18,19-15-11-8-12-16-19)35-21(20(17-30)28-29-27)22-23(24(31)32-6)34-26(4,5)33-22/h7-16,20-23,30H,17H2,1-6H3/t20-,21+,22+,23+/m1/s1. The maximum absolute atomic E-state index is 12.8. The Hall–Kier alpha value is -2.72. The minimum absolute atomic E-state index is 0.417. The first-order valence-electron chi connectivity index (χ1n) is 11.9.